The van der Waals surface area contributed by atoms with E-state index >= 15 is 0 Å². The number of hydrogen-bond acceptors (Lipinski definition) is 2. The minimum atomic E-state index is -0.278. The Hall–Kier alpha value is -1.96. The number of allylic oxidation sites excluding steroid dienone is 4. The van der Waals surface area contributed by atoms with Gasteiger partial charge in [0.05, 0.1) is 12.0 Å². The maximum Gasteiger partial charge on any atom is 0.171 e. The van der Waals surface area contributed by atoms with E-state index in [-0.39, 0.29) is 28.6 Å². The van der Waals surface area contributed by atoms with E-state index in [4.69, 9.17) is 0 Å². The number of ketones is 1. The minimum Gasteiger partial charge on any atom is -0.293 e. The predicted octanol–water partition coefficient (Wildman–Crippen LogP) is 5.96. The largest absolute Gasteiger partial charge is 0.293 e. The summed E-state index contributed by atoms with van der Waals surface area (Å²) in [6, 6.07) is 10.2. The average Bonchev–Trinajstić information content (AvgIpc) is 2.52. The van der Waals surface area contributed by atoms with Crippen molar-refractivity contribution in [3.63, 3.8) is 0 Å². The molecule has 0 spiro atoms. The predicted molar refractivity (Wildman–Crippen MR) is 107 cm³/mol. The summed E-state index contributed by atoms with van der Waals surface area (Å²) in [6.45, 7) is 14.9. The number of rotatable bonds is 3. The molecular weight excluding hydrogens is 306 g/mol. The van der Waals surface area contributed by atoms with Crippen LogP contribution >= 0.6 is 0 Å². The lowest BCUT2D eigenvalue weighted by Gasteiger charge is -2.31. The molecule has 1 aromatic rings. The molecule has 1 aliphatic carbocycles. The van der Waals surface area contributed by atoms with Gasteiger partial charge in [-0.05, 0) is 28.9 Å². The number of benzene rings is 1. The molecule has 2 unspecified atom stereocenters. The summed E-state index contributed by atoms with van der Waals surface area (Å²) >= 11 is 0. The quantitative estimate of drug-likeness (QED) is 0.625. The zero-order chi connectivity index (χ0) is 18.8. The van der Waals surface area contributed by atoms with Gasteiger partial charge in [0.2, 0.25) is 0 Å². The Kier molecular flexibility index (Phi) is 5.51. The Morgan fingerprint density at radius 1 is 1.00 bits per heavy atom. The third kappa shape index (κ3) is 4.78. The van der Waals surface area contributed by atoms with Crippen LogP contribution in [0.3, 0.4) is 0 Å². The van der Waals surface area contributed by atoms with Gasteiger partial charge >= 0.3 is 0 Å². The average molecular weight is 338 g/mol. The molecule has 1 aliphatic rings. The molecule has 0 fully saturated rings. The van der Waals surface area contributed by atoms with Gasteiger partial charge in [-0.3, -0.25) is 9.79 Å². The van der Waals surface area contributed by atoms with Gasteiger partial charge in [-0.15, -0.1) is 0 Å². The van der Waals surface area contributed by atoms with Gasteiger partial charge < -0.3 is 0 Å². The molecule has 25 heavy (non-hydrogen) atoms. The molecule has 0 heterocycles. The van der Waals surface area contributed by atoms with E-state index in [1.54, 1.807) is 0 Å². The Labute approximate surface area is 152 Å². The highest BCUT2D eigenvalue weighted by atomic mass is 16.1. The van der Waals surface area contributed by atoms with Gasteiger partial charge in [0, 0.05) is 11.8 Å². The van der Waals surface area contributed by atoms with Crippen LogP contribution in [0.1, 0.15) is 60.1 Å². The van der Waals surface area contributed by atoms with E-state index in [1.807, 2.05) is 24.4 Å². The fourth-order valence-electron chi connectivity index (χ4n) is 2.93. The van der Waals surface area contributed by atoms with Gasteiger partial charge in [0.1, 0.15) is 0 Å². The summed E-state index contributed by atoms with van der Waals surface area (Å²) in [6.07, 6.45) is 6.01. The maximum atomic E-state index is 13.0. The monoisotopic (exact) mass is 337 g/mol. The van der Waals surface area contributed by atoms with Gasteiger partial charge in [0.25, 0.3) is 0 Å². The molecule has 2 atom stereocenters. The summed E-state index contributed by atoms with van der Waals surface area (Å²) < 4.78 is 0. The zero-order valence-corrected chi connectivity index (χ0v) is 16.6. The molecule has 2 rings (SSSR count). The van der Waals surface area contributed by atoms with Crippen molar-refractivity contribution < 1.29 is 4.79 Å². The van der Waals surface area contributed by atoms with Crippen LogP contribution in [0.25, 0.3) is 0 Å². The molecule has 2 heteroatoms. The summed E-state index contributed by atoms with van der Waals surface area (Å²) in [7, 11) is 0. The fraction of sp³-hybridized carbons (Fsp3) is 0.478. The first-order valence-electron chi connectivity index (χ1n) is 9.07. The van der Waals surface area contributed by atoms with Crippen LogP contribution in [0, 0.1) is 16.7 Å². The third-order valence-electron chi connectivity index (χ3n) is 4.65. The topological polar surface area (TPSA) is 29.4 Å². The van der Waals surface area contributed by atoms with E-state index < -0.39 is 0 Å². The van der Waals surface area contributed by atoms with E-state index in [9.17, 15) is 4.79 Å². The molecule has 0 N–H and O–H groups in total. The van der Waals surface area contributed by atoms with Crippen molar-refractivity contribution in [3.8, 4) is 0 Å². The molecule has 0 saturated heterocycles. The first kappa shape index (κ1) is 19.4. The number of carbonyl (C=O) groups excluding carboxylic acids is 1. The molecule has 0 aromatic heterocycles. The number of hydrogen-bond donors (Lipinski definition) is 0. The molecule has 0 amide bonds. The van der Waals surface area contributed by atoms with Crippen LogP contribution in [0.2, 0.25) is 0 Å². The molecule has 0 radical (unpaired) electrons. The van der Waals surface area contributed by atoms with Crippen molar-refractivity contribution in [1.82, 2.24) is 0 Å². The molecule has 0 aliphatic heterocycles. The van der Waals surface area contributed by atoms with Crippen LogP contribution in [0.15, 0.2) is 58.6 Å². The summed E-state index contributed by atoms with van der Waals surface area (Å²) in [5.41, 5.74) is 3.10. The Morgan fingerprint density at radius 3 is 2.12 bits per heavy atom. The summed E-state index contributed by atoms with van der Waals surface area (Å²) in [5.74, 6) is -0.107. The smallest absolute Gasteiger partial charge is 0.171 e. The molecular formula is C23H31NO. The highest BCUT2D eigenvalue weighted by Gasteiger charge is 2.33. The van der Waals surface area contributed by atoms with E-state index in [0.717, 1.165) is 11.1 Å². The lowest BCUT2D eigenvalue weighted by molar-refractivity contribution is -0.117. The highest BCUT2D eigenvalue weighted by molar-refractivity contribution is 6.09. The van der Waals surface area contributed by atoms with Gasteiger partial charge in [-0.25, -0.2) is 0 Å². The second-order valence-corrected chi connectivity index (χ2v) is 8.95. The fourth-order valence-corrected chi connectivity index (χ4v) is 2.93. The van der Waals surface area contributed by atoms with Crippen molar-refractivity contribution >= 4 is 12.0 Å². The molecule has 2 nitrogen and oxygen atoms in total. The van der Waals surface area contributed by atoms with Crippen molar-refractivity contribution in [2.24, 2.45) is 21.7 Å². The van der Waals surface area contributed by atoms with Gasteiger partial charge in [-0.1, -0.05) is 84.0 Å². The lowest BCUT2D eigenvalue weighted by atomic mass is 9.72. The van der Waals surface area contributed by atoms with E-state index in [0.29, 0.717) is 0 Å². The van der Waals surface area contributed by atoms with E-state index in [1.165, 1.54) is 5.57 Å². The number of carbonyl (C=O) groups is 1. The Balaban J connectivity index is 2.33. The summed E-state index contributed by atoms with van der Waals surface area (Å²) in [5, 5.41) is 0. The second-order valence-electron chi connectivity index (χ2n) is 8.95. The normalized spacial score (nSPS) is 20.4. The number of aliphatic imine (C=N–C) groups is 1. The molecule has 134 valence electrons. The third-order valence-corrected chi connectivity index (χ3v) is 4.65. The first-order valence-corrected chi connectivity index (χ1v) is 9.07. The van der Waals surface area contributed by atoms with Gasteiger partial charge in [-0.2, -0.15) is 0 Å². The van der Waals surface area contributed by atoms with Crippen LogP contribution in [0.4, 0.5) is 0 Å². The van der Waals surface area contributed by atoms with Crippen molar-refractivity contribution in [2.45, 2.75) is 54.5 Å². The van der Waals surface area contributed by atoms with Crippen LogP contribution in [-0.4, -0.2) is 12.0 Å². The first-order chi connectivity index (χ1) is 11.5. The van der Waals surface area contributed by atoms with Crippen molar-refractivity contribution in [3.05, 3.63) is 59.2 Å². The van der Waals surface area contributed by atoms with E-state index in [2.05, 4.69) is 77.7 Å². The Bertz CT molecular complexity index is 709. The zero-order valence-electron chi connectivity index (χ0n) is 16.6. The summed E-state index contributed by atoms with van der Waals surface area (Å²) in [4.78, 5) is 17.7. The standard InChI is InChI=1S/C23H31NO/c1-16(17-11-9-8-10-12-17)24-15-18-13-19(22(2,3)4)14-20(21(18)25)23(5,6)7/h8-16,18H,1-7H3. The van der Waals surface area contributed by atoms with Crippen LogP contribution < -0.4 is 0 Å². The Morgan fingerprint density at radius 2 is 1.60 bits per heavy atom. The van der Waals surface area contributed by atoms with Crippen molar-refractivity contribution in [1.29, 1.82) is 0 Å². The lowest BCUT2D eigenvalue weighted by Crippen LogP contribution is -2.29. The molecule has 1 aromatic carbocycles. The number of nitrogens with zero attached hydrogens (tertiary/aromatic N) is 1. The maximum absolute atomic E-state index is 13.0. The van der Waals surface area contributed by atoms with Crippen molar-refractivity contribution in [2.75, 3.05) is 0 Å². The second kappa shape index (κ2) is 7.11. The minimum absolute atomic E-state index is 0.00827. The molecule has 0 bridgehead atoms. The number of Topliss-reactive ketones (excluding diaryl/α,β-unsaturated/α-hetero) is 1. The SMILES string of the molecule is CC(N=CC1C=C(C(C)(C)C)C=C(C(C)(C)C)C1=O)c1ccccc1. The van der Waals surface area contributed by atoms with Crippen LogP contribution in [-0.2, 0) is 4.79 Å². The molecule has 0 saturated carbocycles. The van der Waals surface area contributed by atoms with Gasteiger partial charge in [0.15, 0.2) is 5.78 Å². The highest BCUT2D eigenvalue weighted by Crippen LogP contribution is 2.38. The van der Waals surface area contributed by atoms with Crippen LogP contribution in [0.5, 0.6) is 0 Å².